The molecule has 3 nitrogen and oxygen atoms in total. The van der Waals surface area contributed by atoms with E-state index in [2.05, 4.69) is 28.1 Å². The van der Waals surface area contributed by atoms with E-state index in [1.807, 2.05) is 17.0 Å². The molecule has 1 heterocycles. The van der Waals surface area contributed by atoms with Crippen LogP contribution in [-0.4, -0.2) is 10.8 Å². The van der Waals surface area contributed by atoms with Crippen molar-refractivity contribution in [3.8, 4) is 6.07 Å². The van der Waals surface area contributed by atoms with Gasteiger partial charge >= 0.3 is 0 Å². The van der Waals surface area contributed by atoms with Gasteiger partial charge in [-0.1, -0.05) is 22.0 Å². The zero-order valence-electron chi connectivity index (χ0n) is 10.6. The van der Waals surface area contributed by atoms with E-state index < -0.39 is 0 Å². The standard InChI is InChI=1S/C16H11BrN2O/c17-15-6-5-13-9-19(10-14(13)7-15)16(20)12-3-1-11(8-18)2-4-12/h1-7H,9-10H2. The van der Waals surface area contributed by atoms with E-state index in [4.69, 9.17) is 5.26 Å². The molecule has 0 spiro atoms. The van der Waals surface area contributed by atoms with Crippen LogP contribution in [0.4, 0.5) is 0 Å². The Bertz CT molecular complexity index is 716. The number of nitrogens with zero attached hydrogens (tertiary/aromatic N) is 2. The van der Waals surface area contributed by atoms with Crippen LogP contribution in [-0.2, 0) is 13.1 Å². The number of hydrogen-bond acceptors (Lipinski definition) is 2. The maximum Gasteiger partial charge on any atom is 0.254 e. The first-order valence-electron chi connectivity index (χ1n) is 6.24. The Morgan fingerprint density at radius 1 is 1.10 bits per heavy atom. The van der Waals surface area contributed by atoms with Crippen molar-refractivity contribution >= 4 is 21.8 Å². The van der Waals surface area contributed by atoms with Crippen LogP contribution >= 0.6 is 15.9 Å². The van der Waals surface area contributed by atoms with Crippen molar-refractivity contribution in [1.82, 2.24) is 4.90 Å². The molecular weight excluding hydrogens is 316 g/mol. The van der Waals surface area contributed by atoms with Gasteiger partial charge in [-0.25, -0.2) is 0 Å². The summed E-state index contributed by atoms with van der Waals surface area (Å²) in [6, 6.07) is 14.9. The molecule has 0 bridgehead atoms. The molecule has 0 saturated heterocycles. The van der Waals surface area contributed by atoms with Gasteiger partial charge < -0.3 is 4.90 Å². The van der Waals surface area contributed by atoms with Crippen molar-refractivity contribution < 1.29 is 4.79 Å². The summed E-state index contributed by atoms with van der Waals surface area (Å²) in [7, 11) is 0. The predicted octanol–water partition coefficient (Wildman–Crippen LogP) is 3.48. The normalized spacial score (nSPS) is 12.9. The molecule has 98 valence electrons. The minimum atomic E-state index is 0.00168. The van der Waals surface area contributed by atoms with Crippen LogP contribution in [0.5, 0.6) is 0 Å². The second-order valence-corrected chi connectivity index (χ2v) is 5.68. The molecule has 0 saturated carbocycles. The van der Waals surface area contributed by atoms with Gasteiger partial charge in [-0.2, -0.15) is 5.26 Å². The third kappa shape index (κ3) is 2.33. The Morgan fingerprint density at radius 2 is 1.80 bits per heavy atom. The molecule has 0 fully saturated rings. The molecule has 2 aromatic carbocycles. The number of hydrogen-bond donors (Lipinski definition) is 0. The van der Waals surface area contributed by atoms with Crippen LogP contribution < -0.4 is 0 Å². The fourth-order valence-corrected chi connectivity index (χ4v) is 2.79. The van der Waals surface area contributed by atoms with Crippen molar-refractivity contribution in [3.63, 3.8) is 0 Å². The van der Waals surface area contributed by atoms with Crippen LogP contribution in [0, 0.1) is 11.3 Å². The van der Waals surface area contributed by atoms with Crippen LogP contribution in [0.2, 0.25) is 0 Å². The smallest absolute Gasteiger partial charge is 0.254 e. The molecule has 1 amide bonds. The molecule has 1 aliphatic rings. The third-order valence-electron chi connectivity index (χ3n) is 3.44. The highest BCUT2D eigenvalue weighted by Gasteiger charge is 2.24. The second-order valence-electron chi connectivity index (χ2n) is 4.76. The summed E-state index contributed by atoms with van der Waals surface area (Å²) in [6.07, 6.45) is 0. The predicted molar refractivity (Wildman–Crippen MR) is 78.9 cm³/mol. The minimum absolute atomic E-state index is 0.00168. The topological polar surface area (TPSA) is 44.1 Å². The van der Waals surface area contributed by atoms with Crippen LogP contribution in [0.1, 0.15) is 27.0 Å². The van der Waals surface area contributed by atoms with Crippen molar-refractivity contribution in [3.05, 3.63) is 69.2 Å². The average Bonchev–Trinajstić information content (AvgIpc) is 2.89. The van der Waals surface area contributed by atoms with Gasteiger partial charge in [-0.15, -0.1) is 0 Å². The number of carbonyl (C=O) groups is 1. The Morgan fingerprint density at radius 3 is 2.50 bits per heavy atom. The molecule has 0 aromatic heterocycles. The van der Waals surface area contributed by atoms with Gasteiger partial charge in [0, 0.05) is 23.1 Å². The molecule has 1 aliphatic heterocycles. The Kier molecular flexibility index (Phi) is 3.29. The fraction of sp³-hybridized carbons (Fsp3) is 0.125. The maximum atomic E-state index is 12.4. The lowest BCUT2D eigenvalue weighted by atomic mass is 10.1. The van der Waals surface area contributed by atoms with Gasteiger partial charge in [0.25, 0.3) is 5.91 Å². The van der Waals surface area contributed by atoms with Crippen molar-refractivity contribution in [2.75, 3.05) is 0 Å². The lowest BCUT2D eigenvalue weighted by Gasteiger charge is -2.15. The summed E-state index contributed by atoms with van der Waals surface area (Å²) in [5, 5.41) is 8.77. The van der Waals surface area contributed by atoms with E-state index in [1.54, 1.807) is 24.3 Å². The molecule has 2 aromatic rings. The molecule has 3 rings (SSSR count). The molecule has 20 heavy (non-hydrogen) atoms. The third-order valence-corrected chi connectivity index (χ3v) is 3.93. The highest BCUT2D eigenvalue weighted by atomic mass is 79.9. The van der Waals surface area contributed by atoms with E-state index in [-0.39, 0.29) is 5.91 Å². The summed E-state index contributed by atoms with van der Waals surface area (Å²) >= 11 is 3.45. The molecule has 0 N–H and O–H groups in total. The molecule has 0 aliphatic carbocycles. The number of amides is 1. The van der Waals surface area contributed by atoms with E-state index in [0.717, 1.165) is 4.47 Å². The van der Waals surface area contributed by atoms with E-state index in [0.29, 0.717) is 24.2 Å². The summed E-state index contributed by atoms with van der Waals surface area (Å²) < 4.78 is 1.03. The van der Waals surface area contributed by atoms with Gasteiger partial charge in [-0.3, -0.25) is 4.79 Å². The largest absolute Gasteiger partial charge is 0.330 e. The Balaban J connectivity index is 1.81. The zero-order valence-corrected chi connectivity index (χ0v) is 12.2. The number of benzene rings is 2. The van der Waals surface area contributed by atoms with E-state index in [9.17, 15) is 4.79 Å². The lowest BCUT2D eigenvalue weighted by molar-refractivity contribution is 0.0751. The average molecular weight is 327 g/mol. The number of carbonyl (C=O) groups excluding carboxylic acids is 1. The van der Waals surface area contributed by atoms with Gasteiger partial charge in [0.1, 0.15) is 0 Å². The molecular formula is C16H11BrN2O. The molecule has 0 atom stereocenters. The van der Waals surface area contributed by atoms with Crippen molar-refractivity contribution in [2.45, 2.75) is 13.1 Å². The molecule has 4 heteroatoms. The fourth-order valence-electron chi connectivity index (χ4n) is 2.38. The SMILES string of the molecule is N#Cc1ccc(C(=O)N2Cc3ccc(Br)cc3C2)cc1. The number of fused-ring (bicyclic) bond motifs is 1. The minimum Gasteiger partial charge on any atom is -0.330 e. The number of nitriles is 1. The van der Waals surface area contributed by atoms with Crippen molar-refractivity contribution in [2.24, 2.45) is 0 Å². The Hall–Kier alpha value is -2.12. The Labute approximate surface area is 125 Å². The summed E-state index contributed by atoms with van der Waals surface area (Å²) in [5.74, 6) is 0.00168. The monoisotopic (exact) mass is 326 g/mol. The van der Waals surface area contributed by atoms with E-state index in [1.165, 1.54) is 11.1 Å². The lowest BCUT2D eigenvalue weighted by Crippen LogP contribution is -2.25. The molecule has 0 unspecified atom stereocenters. The van der Waals surface area contributed by atoms with Gasteiger partial charge in [0.2, 0.25) is 0 Å². The maximum absolute atomic E-state index is 12.4. The summed E-state index contributed by atoms with van der Waals surface area (Å²) in [6.45, 7) is 1.27. The second kappa shape index (κ2) is 5.10. The highest BCUT2D eigenvalue weighted by Crippen LogP contribution is 2.27. The van der Waals surface area contributed by atoms with Crippen LogP contribution in [0.3, 0.4) is 0 Å². The van der Waals surface area contributed by atoms with Gasteiger partial charge in [0.15, 0.2) is 0 Å². The number of halogens is 1. The first-order valence-corrected chi connectivity index (χ1v) is 7.03. The van der Waals surface area contributed by atoms with Crippen LogP contribution in [0.25, 0.3) is 0 Å². The quantitative estimate of drug-likeness (QED) is 0.805. The summed E-state index contributed by atoms with van der Waals surface area (Å²) in [4.78, 5) is 14.2. The zero-order chi connectivity index (χ0) is 14.1. The first kappa shape index (κ1) is 12.9. The van der Waals surface area contributed by atoms with Crippen molar-refractivity contribution in [1.29, 1.82) is 5.26 Å². The van der Waals surface area contributed by atoms with Gasteiger partial charge in [-0.05, 0) is 47.5 Å². The number of rotatable bonds is 1. The van der Waals surface area contributed by atoms with Gasteiger partial charge in [0.05, 0.1) is 11.6 Å². The summed E-state index contributed by atoms with van der Waals surface area (Å²) in [5.41, 5.74) is 3.56. The first-order chi connectivity index (χ1) is 9.67. The highest BCUT2D eigenvalue weighted by molar-refractivity contribution is 9.10. The van der Waals surface area contributed by atoms with Crippen LogP contribution in [0.15, 0.2) is 46.9 Å². The van der Waals surface area contributed by atoms with E-state index >= 15 is 0 Å². The molecule has 0 radical (unpaired) electrons.